The first-order valence-electron chi connectivity index (χ1n) is 9.49. The Kier molecular flexibility index (Phi) is 5.46. The van der Waals surface area contributed by atoms with Crippen LogP contribution in [0, 0.1) is 5.82 Å². The van der Waals surface area contributed by atoms with Crippen molar-refractivity contribution in [1.82, 2.24) is 4.57 Å². The molecule has 1 unspecified atom stereocenters. The molecule has 0 aliphatic carbocycles. The van der Waals surface area contributed by atoms with Gasteiger partial charge in [-0.1, -0.05) is 53.8 Å². The van der Waals surface area contributed by atoms with Gasteiger partial charge in [-0.2, -0.15) is 0 Å². The van der Waals surface area contributed by atoms with Crippen LogP contribution in [0.1, 0.15) is 31.0 Å². The van der Waals surface area contributed by atoms with Gasteiger partial charge in [0.15, 0.2) is 4.80 Å². The van der Waals surface area contributed by atoms with Crippen molar-refractivity contribution in [3.8, 4) is 0 Å². The van der Waals surface area contributed by atoms with E-state index < -0.39 is 12.0 Å². The Hall–Kier alpha value is -3.32. The molecule has 0 saturated carbocycles. The van der Waals surface area contributed by atoms with E-state index >= 15 is 0 Å². The van der Waals surface area contributed by atoms with Gasteiger partial charge in [-0.15, -0.1) is 0 Å². The van der Waals surface area contributed by atoms with Crippen LogP contribution >= 0.6 is 11.3 Å². The molecule has 2 heterocycles. The predicted molar refractivity (Wildman–Crippen MR) is 113 cm³/mol. The van der Waals surface area contributed by atoms with Crippen molar-refractivity contribution in [3.63, 3.8) is 0 Å². The van der Waals surface area contributed by atoms with E-state index in [1.165, 1.54) is 28.0 Å². The van der Waals surface area contributed by atoms with Gasteiger partial charge in [0.2, 0.25) is 0 Å². The summed E-state index contributed by atoms with van der Waals surface area (Å²) < 4.78 is 20.8. The fourth-order valence-electron chi connectivity index (χ4n) is 3.49. The number of esters is 1. The average Bonchev–Trinajstić information content (AvgIpc) is 3.02. The Morgan fingerprint density at radius 3 is 2.70 bits per heavy atom. The summed E-state index contributed by atoms with van der Waals surface area (Å²) in [7, 11) is 0. The van der Waals surface area contributed by atoms with Gasteiger partial charge in [0.1, 0.15) is 5.82 Å². The van der Waals surface area contributed by atoms with Crippen LogP contribution < -0.4 is 14.9 Å². The quantitative estimate of drug-likeness (QED) is 0.608. The van der Waals surface area contributed by atoms with E-state index in [0.29, 0.717) is 26.2 Å². The molecule has 30 heavy (non-hydrogen) atoms. The number of nitrogens with zero attached hydrogens (tertiary/aromatic N) is 2. The molecule has 0 saturated heterocycles. The molecule has 3 aromatic rings. The highest BCUT2D eigenvalue weighted by molar-refractivity contribution is 7.07. The van der Waals surface area contributed by atoms with Crippen molar-refractivity contribution in [1.29, 1.82) is 0 Å². The van der Waals surface area contributed by atoms with Crippen LogP contribution in [0.4, 0.5) is 4.39 Å². The zero-order chi connectivity index (χ0) is 21.3. The molecule has 0 N–H and O–H groups in total. The van der Waals surface area contributed by atoms with E-state index in [9.17, 15) is 14.0 Å². The molecule has 1 atom stereocenters. The first kappa shape index (κ1) is 20.0. The Morgan fingerprint density at radius 2 is 2.00 bits per heavy atom. The van der Waals surface area contributed by atoms with Crippen molar-refractivity contribution in [2.24, 2.45) is 4.99 Å². The Bertz CT molecular complexity index is 1320. The summed E-state index contributed by atoms with van der Waals surface area (Å²) in [5.74, 6) is -0.869. The zero-order valence-electron chi connectivity index (χ0n) is 16.5. The van der Waals surface area contributed by atoms with Gasteiger partial charge in [-0.3, -0.25) is 9.36 Å². The number of benzene rings is 2. The minimum atomic E-state index is -0.642. The second-order valence-electron chi connectivity index (χ2n) is 6.77. The molecule has 0 amide bonds. The largest absolute Gasteiger partial charge is 0.463 e. The second-order valence-corrected chi connectivity index (χ2v) is 7.78. The SMILES string of the molecule is CCOC(=O)C1=C(C)N=c2sc(=Cc3cccc(F)c3)c(=O)n2C1c1ccccc1. The van der Waals surface area contributed by atoms with E-state index in [-0.39, 0.29) is 18.0 Å². The molecule has 5 nitrogen and oxygen atoms in total. The van der Waals surface area contributed by atoms with Gasteiger partial charge >= 0.3 is 5.97 Å². The summed E-state index contributed by atoms with van der Waals surface area (Å²) in [6, 6.07) is 14.7. The molecule has 1 aliphatic rings. The first-order valence-corrected chi connectivity index (χ1v) is 10.3. The number of ether oxygens (including phenoxy) is 1. The average molecular weight is 422 g/mol. The van der Waals surface area contributed by atoms with Crippen LogP contribution in [0.15, 0.2) is 75.7 Å². The van der Waals surface area contributed by atoms with Crippen LogP contribution in [-0.2, 0) is 9.53 Å². The summed E-state index contributed by atoms with van der Waals surface area (Å²) >= 11 is 1.21. The highest BCUT2D eigenvalue weighted by atomic mass is 32.1. The number of rotatable bonds is 4. The van der Waals surface area contributed by atoms with Crippen LogP contribution in [-0.4, -0.2) is 17.1 Å². The molecule has 4 rings (SSSR count). The fraction of sp³-hybridized carbons (Fsp3) is 0.174. The van der Waals surface area contributed by atoms with E-state index in [1.54, 1.807) is 32.1 Å². The number of halogens is 1. The molecule has 0 radical (unpaired) electrons. The molecular weight excluding hydrogens is 403 g/mol. The van der Waals surface area contributed by atoms with Crippen molar-refractivity contribution in [3.05, 3.63) is 102 Å². The lowest BCUT2D eigenvalue weighted by Crippen LogP contribution is -2.39. The monoisotopic (exact) mass is 422 g/mol. The maximum Gasteiger partial charge on any atom is 0.338 e. The van der Waals surface area contributed by atoms with Crippen molar-refractivity contribution >= 4 is 23.4 Å². The van der Waals surface area contributed by atoms with Gasteiger partial charge in [-0.25, -0.2) is 14.2 Å². The third-order valence-corrected chi connectivity index (χ3v) is 5.76. The summed E-state index contributed by atoms with van der Waals surface area (Å²) in [5.41, 5.74) is 1.94. The summed E-state index contributed by atoms with van der Waals surface area (Å²) in [6.45, 7) is 3.70. The smallest absolute Gasteiger partial charge is 0.338 e. The van der Waals surface area contributed by atoms with Crippen LogP contribution in [0.25, 0.3) is 6.08 Å². The van der Waals surface area contributed by atoms with E-state index in [4.69, 9.17) is 4.74 Å². The third kappa shape index (κ3) is 3.64. The third-order valence-electron chi connectivity index (χ3n) is 4.78. The van der Waals surface area contributed by atoms with Gasteiger partial charge in [0.05, 0.1) is 28.5 Å². The van der Waals surface area contributed by atoms with E-state index in [2.05, 4.69) is 4.99 Å². The highest BCUT2D eigenvalue weighted by Crippen LogP contribution is 2.30. The fourth-order valence-corrected chi connectivity index (χ4v) is 4.54. The molecule has 0 fully saturated rings. The lowest BCUT2D eigenvalue weighted by molar-refractivity contribution is -0.139. The minimum Gasteiger partial charge on any atom is -0.463 e. The topological polar surface area (TPSA) is 60.7 Å². The van der Waals surface area contributed by atoms with Crippen molar-refractivity contribution < 1.29 is 13.9 Å². The van der Waals surface area contributed by atoms with Gasteiger partial charge in [-0.05, 0) is 43.2 Å². The molecule has 0 bridgehead atoms. The van der Waals surface area contributed by atoms with Crippen LogP contribution in [0.2, 0.25) is 0 Å². The van der Waals surface area contributed by atoms with Gasteiger partial charge < -0.3 is 4.74 Å². The zero-order valence-corrected chi connectivity index (χ0v) is 17.3. The maximum atomic E-state index is 13.6. The summed E-state index contributed by atoms with van der Waals surface area (Å²) in [5, 5.41) is 0. The molecule has 7 heteroatoms. The standard InChI is InChI=1S/C23H19FN2O3S/c1-3-29-22(28)19-14(2)25-23-26(20(19)16-9-5-4-6-10-16)21(27)18(30-23)13-15-8-7-11-17(24)12-15/h4-13,20H,3H2,1-2H3. The van der Waals surface area contributed by atoms with E-state index in [1.807, 2.05) is 30.3 Å². The van der Waals surface area contributed by atoms with Crippen molar-refractivity contribution in [2.45, 2.75) is 19.9 Å². The Balaban J connectivity index is 1.96. The van der Waals surface area contributed by atoms with Crippen molar-refractivity contribution in [2.75, 3.05) is 6.61 Å². The minimum absolute atomic E-state index is 0.223. The van der Waals surface area contributed by atoms with Crippen LogP contribution in [0.5, 0.6) is 0 Å². The number of thiazole rings is 1. The number of allylic oxidation sites excluding steroid dienone is 1. The number of hydrogen-bond acceptors (Lipinski definition) is 5. The molecular formula is C23H19FN2O3S. The van der Waals surface area contributed by atoms with Gasteiger partial charge in [0, 0.05) is 0 Å². The molecule has 2 aromatic carbocycles. The number of carbonyl (C=O) groups excluding carboxylic acids is 1. The number of carbonyl (C=O) groups is 1. The Morgan fingerprint density at radius 1 is 1.23 bits per heavy atom. The number of aromatic nitrogens is 1. The summed E-state index contributed by atoms with van der Waals surface area (Å²) in [6.07, 6.45) is 1.64. The Labute approximate surface area is 176 Å². The van der Waals surface area contributed by atoms with Gasteiger partial charge in [0.25, 0.3) is 5.56 Å². The summed E-state index contributed by atoms with van der Waals surface area (Å²) in [4.78, 5) is 31.1. The van der Waals surface area contributed by atoms with E-state index in [0.717, 1.165) is 5.56 Å². The lowest BCUT2D eigenvalue weighted by atomic mass is 9.96. The van der Waals surface area contributed by atoms with Crippen LogP contribution in [0.3, 0.4) is 0 Å². The highest BCUT2D eigenvalue weighted by Gasteiger charge is 2.33. The normalized spacial score (nSPS) is 16.2. The molecule has 152 valence electrons. The number of fused-ring (bicyclic) bond motifs is 1. The second kappa shape index (κ2) is 8.20. The maximum absolute atomic E-state index is 13.6. The molecule has 1 aliphatic heterocycles. The predicted octanol–water partition coefficient (Wildman–Crippen LogP) is 2.94. The molecule has 0 spiro atoms. The molecule has 1 aromatic heterocycles. The first-order chi connectivity index (χ1) is 14.5. The lowest BCUT2D eigenvalue weighted by Gasteiger charge is -2.24. The number of hydrogen-bond donors (Lipinski definition) is 0.